The van der Waals surface area contributed by atoms with Gasteiger partial charge in [0.15, 0.2) is 0 Å². The van der Waals surface area contributed by atoms with E-state index in [2.05, 4.69) is 5.16 Å². The second-order valence-electron chi connectivity index (χ2n) is 5.92. The third-order valence-electron chi connectivity index (χ3n) is 2.81. The molecule has 1 N–H and O–H groups in total. The van der Waals surface area contributed by atoms with E-state index in [9.17, 15) is 13.2 Å². The third kappa shape index (κ3) is 5.13. The fourth-order valence-corrected chi connectivity index (χ4v) is 3.19. The number of hydrogen-bond donors (Lipinski definition) is 1. The van der Waals surface area contributed by atoms with Crippen LogP contribution in [0.15, 0.2) is 10.6 Å². The third-order valence-corrected chi connectivity index (χ3v) is 4.57. The fourth-order valence-electron chi connectivity index (χ4n) is 1.73. The standard InChI is InChI=1S/C13H22N2O5S/c1-5-6-15(8-12(16)17)21(18,19)9-10-7-11(20-14-10)13(2,3)4/h7H,5-6,8-9H2,1-4H3,(H,16,17). The van der Waals surface area contributed by atoms with Crippen LogP contribution in [0, 0.1) is 0 Å². The summed E-state index contributed by atoms with van der Waals surface area (Å²) in [5, 5.41) is 12.6. The Morgan fingerprint density at radius 3 is 2.48 bits per heavy atom. The summed E-state index contributed by atoms with van der Waals surface area (Å²) in [6.45, 7) is 7.20. The molecular formula is C13H22N2O5S. The zero-order valence-electron chi connectivity index (χ0n) is 12.8. The maximum atomic E-state index is 12.3. The first-order chi connectivity index (χ1) is 9.56. The van der Waals surface area contributed by atoms with Gasteiger partial charge < -0.3 is 9.63 Å². The summed E-state index contributed by atoms with van der Waals surface area (Å²) in [5.74, 6) is -0.949. The number of hydrogen-bond acceptors (Lipinski definition) is 5. The highest BCUT2D eigenvalue weighted by molar-refractivity contribution is 7.88. The van der Waals surface area contributed by atoms with E-state index in [1.807, 2.05) is 20.8 Å². The van der Waals surface area contributed by atoms with Crippen molar-refractivity contribution in [3.8, 4) is 0 Å². The first-order valence-electron chi connectivity index (χ1n) is 6.72. The molecule has 0 aromatic carbocycles. The summed E-state index contributed by atoms with van der Waals surface area (Å²) < 4.78 is 30.6. The van der Waals surface area contributed by atoms with E-state index in [0.717, 1.165) is 4.31 Å². The molecule has 1 aromatic heterocycles. The molecular weight excluding hydrogens is 296 g/mol. The first kappa shape index (κ1) is 17.6. The van der Waals surface area contributed by atoms with E-state index in [1.54, 1.807) is 13.0 Å². The number of aromatic nitrogens is 1. The number of carboxylic acids is 1. The molecule has 1 heterocycles. The van der Waals surface area contributed by atoms with E-state index >= 15 is 0 Å². The second-order valence-corrected chi connectivity index (χ2v) is 7.88. The van der Waals surface area contributed by atoms with Crippen molar-refractivity contribution in [3.63, 3.8) is 0 Å². The van der Waals surface area contributed by atoms with Crippen molar-refractivity contribution in [1.29, 1.82) is 0 Å². The molecule has 0 atom stereocenters. The molecule has 0 aliphatic rings. The van der Waals surface area contributed by atoms with E-state index in [-0.39, 0.29) is 23.4 Å². The predicted molar refractivity (Wildman–Crippen MR) is 77.3 cm³/mol. The summed E-state index contributed by atoms with van der Waals surface area (Å²) >= 11 is 0. The van der Waals surface area contributed by atoms with E-state index < -0.39 is 22.5 Å². The monoisotopic (exact) mass is 318 g/mol. The molecule has 0 aliphatic heterocycles. The fraction of sp³-hybridized carbons (Fsp3) is 0.692. The highest BCUT2D eigenvalue weighted by atomic mass is 32.2. The van der Waals surface area contributed by atoms with Gasteiger partial charge in [-0.05, 0) is 6.42 Å². The second kappa shape index (κ2) is 6.57. The van der Waals surface area contributed by atoms with Crippen molar-refractivity contribution < 1.29 is 22.8 Å². The van der Waals surface area contributed by atoms with Crippen LogP contribution in [0.5, 0.6) is 0 Å². The number of sulfonamides is 1. The van der Waals surface area contributed by atoms with Crippen molar-refractivity contribution >= 4 is 16.0 Å². The molecule has 0 bridgehead atoms. The molecule has 21 heavy (non-hydrogen) atoms. The van der Waals surface area contributed by atoms with Crippen LogP contribution in [0.1, 0.15) is 45.6 Å². The summed E-state index contributed by atoms with van der Waals surface area (Å²) in [5.41, 5.74) is 0.0190. The Morgan fingerprint density at radius 2 is 2.05 bits per heavy atom. The predicted octanol–water partition coefficient (Wildman–Crippen LogP) is 1.60. The number of nitrogens with zero attached hydrogens (tertiary/aromatic N) is 2. The van der Waals surface area contributed by atoms with Gasteiger partial charge in [-0.2, -0.15) is 4.31 Å². The molecule has 120 valence electrons. The van der Waals surface area contributed by atoms with Gasteiger partial charge in [0, 0.05) is 18.0 Å². The Kier molecular flexibility index (Phi) is 5.52. The van der Waals surface area contributed by atoms with Crippen LogP contribution in [0.3, 0.4) is 0 Å². The normalized spacial score (nSPS) is 12.8. The molecule has 0 aliphatic carbocycles. The lowest BCUT2D eigenvalue weighted by molar-refractivity contribution is -0.137. The number of rotatable bonds is 7. The van der Waals surface area contributed by atoms with Gasteiger partial charge in [0.1, 0.15) is 23.8 Å². The molecule has 0 radical (unpaired) electrons. The van der Waals surface area contributed by atoms with Gasteiger partial charge in [-0.15, -0.1) is 0 Å². The minimum Gasteiger partial charge on any atom is -0.480 e. The van der Waals surface area contributed by atoms with Crippen LogP contribution in [0.4, 0.5) is 0 Å². The van der Waals surface area contributed by atoms with E-state index in [0.29, 0.717) is 12.2 Å². The molecule has 7 nitrogen and oxygen atoms in total. The smallest absolute Gasteiger partial charge is 0.318 e. The van der Waals surface area contributed by atoms with Crippen molar-refractivity contribution in [2.75, 3.05) is 13.1 Å². The van der Waals surface area contributed by atoms with E-state index in [1.165, 1.54) is 0 Å². The van der Waals surface area contributed by atoms with Crippen molar-refractivity contribution in [3.05, 3.63) is 17.5 Å². The van der Waals surface area contributed by atoms with Gasteiger partial charge in [-0.25, -0.2) is 8.42 Å². The van der Waals surface area contributed by atoms with E-state index in [4.69, 9.17) is 9.63 Å². The van der Waals surface area contributed by atoms with Crippen LogP contribution in [-0.2, 0) is 26.0 Å². The maximum Gasteiger partial charge on any atom is 0.318 e. The van der Waals surface area contributed by atoms with Crippen molar-refractivity contribution in [2.24, 2.45) is 0 Å². The highest BCUT2D eigenvalue weighted by Gasteiger charge is 2.27. The Morgan fingerprint density at radius 1 is 1.43 bits per heavy atom. The number of carboxylic acid groups (broad SMARTS) is 1. The Balaban J connectivity index is 2.92. The lowest BCUT2D eigenvalue weighted by atomic mass is 9.93. The lowest BCUT2D eigenvalue weighted by Gasteiger charge is -2.18. The van der Waals surface area contributed by atoms with Gasteiger partial charge in [0.2, 0.25) is 10.0 Å². The zero-order valence-corrected chi connectivity index (χ0v) is 13.6. The molecule has 0 spiro atoms. The number of aliphatic carboxylic acids is 1. The molecule has 0 fully saturated rings. The minimum atomic E-state index is -3.73. The van der Waals surface area contributed by atoms with Crippen LogP contribution in [-0.4, -0.2) is 42.0 Å². The number of carbonyl (C=O) groups is 1. The molecule has 0 saturated carbocycles. The van der Waals surface area contributed by atoms with Crippen LogP contribution >= 0.6 is 0 Å². The highest BCUT2D eigenvalue weighted by Crippen LogP contribution is 2.23. The molecule has 1 aromatic rings. The lowest BCUT2D eigenvalue weighted by Crippen LogP contribution is -2.37. The van der Waals surface area contributed by atoms with Crippen LogP contribution in [0.25, 0.3) is 0 Å². The maximum absolute atomic E-state index is 12.3. The van der Waals surface area contributed by atoms with Gasteiger partial charge in [0.05, 0.1) is 0 Å². The molecule has 0 unspecified atom stereocenters. The van der Waals surface area contributed by atoms with Gasteiger partial charge >= 0.3 is 5.97 Å². The summed E-state index contributed by atoms with van der Waals surface area (Å²) in [6, 6.07) is 1.60. The summed E-state index contributed by atoms with van der Waals surface area (Å²) in [4.78, 5) is 10.8. The molecule has 1 rings (SSSR count). The largest absolute Gasteiger partial charge is 0.480 e. The van der Waals surface area contributed by atoms with Gasteiger partial charge in [-0.1, -0.05) is 32.9 Å². The first-order valence-corrected chi connectivity index (χ1v) is 8.33. The average molecular weight is 318 g/mol. The Labute approximate surface area is 125 Å². The SMILES string of the molecule is CCCN(CC(=O)O)S(=O)(=O)Cc1cc(C(C)(C)C)on1. The topological polar surface area (TPSA) is 101 Å². The van der Waals surface area contributed by atoms with Gasteiger partial charge in [-0.3, -0.25) is 4.79 Å². The van der Waals surface area contributed by atoms with Crippen LogP contribution in [0.2, 0.25) is 0 Å². The Hall–Kier alpha value is -1.41. The molecule has 0 amide bonds. The van der Waals surface area contributed by atoms with Crippen LogP contribution < -0.4 is 0 Å². The molecule has 8 heteroatoms. The van der Waals surface area contributed by atoms with Gasteiger partial charge in [0.25, 0.3) is 0 Å². The zero-order chi connectivity index (χ0) is 16.3. The summed E-state index contributed by atoms with van der Waals surface area (Å²) in [6.07, 6.45) is 0.540. The average Bonchev–Trinajstić information content (AvgIpc) is 2.75. The quantitative estimate of drug-likeness (QED) is 0.819. The van der Waals surface area contributed by atoms with Crippen molar-refractivity contribution in [2.45, 2.75) is 45.3 Å². The minimum absolute atomic E-state index is 0.165. The summed E-state index contributed by atoms with van der Waals surface area (Å²) in [7, 11) is -3.73. The van der Waals surface area contributed by atoms with Crippen molar-refractivity contribution in [1.82, 2.24) is 9.46 Å². The Bertz CT molecular complexity index is 586. The molecule has 0 saturated heterocycles.